The molecule has 0 spiro atoms. The highest BCUT2D eigenvalue weighted by Crippen LogP contribution is 2.27. The topological polar surface area (TPSA) is 34.1 Å². The first-order chi connectivity index (χ1) is 9.70. The Kier molecular flexibility index (Phi) is 4.93. The Morgan fingerprint density at radius 3 is 2.75 bits per heavy atom. The van der Waals surface area contributed by atoms with Crippen LogP contribution in [0, 0.1) is 5.82 Å². The van der Waals surface area contributed by atoms with Gasteiger partial charge in [0.1, 0.15) is 11.6 Å². The first kappa shape index (κ1) is 14.3. The number of rotatable bonds is 6. The van der Waals surface area contributed by atoms with E-state index in [0.717, 1.165) is 23.6 Å². The molecule has 106 valence electrons. The second kappa shape index (κ2) is 6.89. The van der Waals surface area contributed by atoms with Gasteiger partial charge >= 0.3 is 0 Å². The first-order valence-electron chi connectivity index (χ1n) is 6.80. The van der Waals surface area contributed by atoms with Crippen molar-refractivity contribution in [2.75, 3.05) is 11.9 Å². The highest BCUT2D eigenvalue weighted by molar-refractivity contribution is 5.57. The first-order valence-corrected chi connectivity index (χ1v) is 6.80. The summed E-state index contributed by atoms with van der Waals surface area (Å²) < 4.78 is 18.6. The molecule has 0 radical (unpaired) electrons. The zero-order valence-electron chi connectivity index (χ0n) is 11.8. The fraction of sp³-hybridized carbons (Fsp3) is 0.312. The molecule has 2 rings (SSSR count). The van der Waals surface area contributed by atoms with Gasteiger partial charge in [0.05, 0.1) is 30.2 Å². The monoisotopic (exact) mass is 274 g/mol. The van der Waals surface area contributed by atoms with Gasteiger partial charge in [0.15, 0.2) is 0 Å². The predicted octanol–water partition coefficient (Wildman–Crippen LogP) is 4.18. The van der Waals surface area contributed by atoms with Crippen molar-refractivity contribution in [3.05, 3.63) is 54.1 Å². The predicted molar refractivity (Wildman–Crippen MR) is 78.5 cm³/mol. The van der Waals surface area contributed by atoms with Gasteiger partial charge in [0, 0.05) is 0 Å². The summed E-state index contributed by atoms with van der Waals surface area (Å²) in [6.45, 7) is 4.74. The van der Waals surface area contributed by atoms with Crippen LogP contribution in [-0.2, 0) is 0 Å². The molecular formula is C16H19FN2O. The van der Waals surface area contributed by atoms with Crippen LogP contribution >= 0.6 is 0 Å². The van der Waals surface area contributed by atoms with Crippen molar-refractivity contribution in [2.24, 2.45) is 0 Å². The Hall–Kier alpha value is -2.10. The van der Waals surface area contributed by atoms with E-state index in [4.69, 9.17) is 4.74 Å². The summed E-state index contributed by atoms with van der Waals surface area (Å²) in [7, 11) is 0. The molecule has 1 unspecified atom stereocenters. The smallest absolute Gasteiger partial charge is 0.142 e. The summed E-state index contributed by atoms with van der Waals surface area (Å²) in [6.07, 6.45) is 2.19. The third-order valence-corrected chi connectivity index (χ3v) is 2.91. The summed E-state index contributed by atoms with van der Waals surface area (Å²) in [5.41, 5.74) is 1.70. The third-order valence-electron chi connectivity index (χ3n) is 2.91. The molecule has 0 aliphatic carbocycles. The minimum absolute atomic E-state index is 0.0259. The lowest BCUT2D eigenvalue weighted by Gasteiger charge is -2.17. The number of hydrogen-bond donors (Lipinski definition) is 1. The van der Waals surface area contributed by atoms with Gasteiger partial charge < -0.3 is 10.1 Å². The Morgan fingerprint density at radius 2 is 2.05 bits per heavy atom. The molecule has 0 saturated carbocycles. The number of halogens is 1. The van der Waals surface area contributed by atoms with Gasteiger partial charge in [0.2, 0.25) is 0 Å². The lowest BCUT2D eigenvalue weighted by molar-refractivity contribution is 0.318. The average molecular weight is 274 g/mol. The zero-order chi connectivity index (χ0) is 14.4. The highest BCUT2D eigenvalue weighted by atomic mass is 19.1. The van der Waals surface area contributed by atoms with E-state index in [2.05, 4.69) is 17.2 Å². The van der Waals surface area contributed by atoms with Gasteiger partial charge in [-0.05, 0) is 37.6 Å². The van der Waals surface area contributed by atoms with E-state index in [1.54, 1.807) is 6.07 Å². The Morgan fingerprint density at radius 1 is 1.25 bits per heavy atom. The maximum absolute atomic E-state index is 12.9. The second-order valence-corrected chi connectivity index (χ2v) is 4.61. The summed E-state index contributed by atoms with van der Waals surface area (Å²) in [4.78, 5) is 4.09. The Balaban J connectivity index is 2.10. The summed E-state index contributed by atoms with van der Waals surface area (Å²) in [5.74, 6) is 0.496. The quantitative estimate of drug-likeness (QED) is 0.858. The van der Waals surface area contributed by atoms with E-state index in [9.17, 15) is 4.39 Å². The highest BCUT2D eigenvalue weighted by Gasteiger charge is 2.10. The number of nitrogens with zero attached hydrogens (tertiary/aromatic N) is 1. The lowest BCUT2D eigenvalue weighted by atomic mass is 10.2. The molecule has 0 saturated heterocycles. The van der Waals surface area contributed by atoms with Crippen LogP contribution in [0.4, 0.5) is 10.1 Å². The summed E-state index contributed by atoms with van der Waals surface area (Å²) >= 11 is 0. The van der Waals surface area contributed by atoms with Gasteiger partial charge in [-0.1, -0.05) is 19.1 Å². The largest absolute Gasteiger partial charge is 0.491 e. The molecule has 1 N–H and O–H groups in total. The molecule has 4 heteroatoms. The molecule has 0 aliphatic heterocycles. The standard InChI is InChI=1S/C16H19FN2O/c1-3-10-20-16-7-5-4-6-15(16)19-12(2)14-9-8-13(17)11-18-14/h4-9,11-12,19H,3,10H2,1-2H3. The van der Waals surface area contributed by atoms with Crippen LogP contribution in [0.25, 0.3) is 0 Å². The van der Waals surface area contributed by atoms with Crippen molar-refractivity contribution in [3.63, 3.8) is 0 Å². The van der Waals surface area contributed by atoms with Crippen molar-refractivity contribution >= 4 is 5.69 Å². The SMILES string of the molecule is CCCOc1ccccc1NC(C)c1ccc(F)cn1. The van der Waals surface area contributed by atoms with E-state index >= 15 is 0 Å². The Bertz CT molecular complexity index is 542. The third kappa shape index (κ3) is 3.70. The molecular weight excluding hydrogens is 255 g/mol. The molecule has 0 bridgehead atoms. The minimum atomic E-state index is -0.326. The maximum Gasteiger partial charge on any atom is 0.142 e. The van der Waals surface area contributed by atoms with Crippen molar-refractivity contribution in [1.82, 2.24) is 4.98 Å². The second-order valence-electron chi connectivity index (χ2n) is 4.61. The van der Waals surface area contributed by atoms with Crippen molar-refractivity contribution in [3.8, 4) is 5.75 Å². The number of ether oxygens (including phenoxy) is 1. The van der Waals surface area contributed by atoms with Crippen LogP contribution in [0.15, 0.2) is 42.6 Å². The van der Waals surface area contributed by atoms with Crippen molar-refractivity contribution in [2.45, 2.75) is 26.3 Å². The molecule has 1 atom stereocenters. The zero-order valence-corrected chi connectivity index (χ0v) is 11.8. The number of nitrogens with one attached hydrogen (secondary N) is 1. The lowest BCUT2D eigenvalue weighted by Crippen LogP contribution is -2.10. The van der Waals surface area contributed by atoms with Gasteiger partial charge in [-0.3, -0.25) is 4.98 Å². The minimum Gasteiger partial charge on any atom is -0.491 e. The summed E-state index contributed by atoms with van der Waals surface area (Å²) in [6, 6.07) is 10.9. The van der Waals surface area contributed by atoms with E-state index < -0.39 is 0 Å². The molecule has 1 aromatic heterocycles. The molecule has 20 heavy (non-hydrogen) atoms. The van der Waals surface area contributed by atoms with E-state index in [0.29, 0.717) is 6.61 Å². The Labute approximate surface area is 118 Å². The normalized spacial score (nSPS) is 11.9. The fourth-order valence-electron chi connectivity index (χ4n) is 1.87. The number of pyridine rings is 1. The van der Waals surface area contributed by atoms with Gasteiger partial charge in [-0.25, -0.2) is 4.39 Å². The molecule has 2 aromatic rings. The van der Waals surface area contributed by atoms with Crippen molar-refractivity contribution < 1.29 is 9.13 Å². The molecule has 0 fully saturated rings. The van der Waals surface area contributed by atoms with Gasteiger partial charge in [-0.2, -0.15) is 0 Å². The average Bonchev–Trinajstić information content (AvgIpc) is 2.47. The van der Waals surface area contributed by atoms with Crippen LogP contribution in [0.3, 0.4) is 0 Å². The maximum atomic E-state index is 12.9. The van der Waals surface area contributed by atoms with E-state index in [1.807, 2.05) is 31.2 Å². The van der Waals surface area contributed by atoms with Crippen LogP contribution in [0.1, 0.15) is 32.0 Å². The van der Waals surface area contributed by atoms with Gasteiger partial charge in [-0.15, -0.1) is 0 Å². The van der Waals surface area contributed by atoms with Crippen LogP contribution in [-0.4, -0.2) is 11.6 Å². The molecule has 3 nitrogen and oxygen atoms in total. The number of para-hydroxylation sites is 2. The molecule has 0 amide bonds. The van der Waals surface area contributed by atoms with Crippen LogP contribution in [0.5, 0.6) is 5.75 Å². The number of benzene rings is 1. The summed E-state index contributed by atoms with van der Waals surface area (Å²) in [5, 5.41) is 3.35. The van der Waals surface area contributed by atoms with Gasteiger partial charge in [0.25, 0.3) is 0 Å². The van der Waals surface area contributed by atoms with Crippen LogP contribution < -0.4 is 10.1 Å². The molecule has 1 heterocycles. The number of hydrogen-bond acceptors (Lipinski definition) is 3. The van der Waals surface area contributed by atoms with E-state index in [1.165, 1.54) is 12.3 Å². The molecule has 0 aliphatic rings. The van der Waals surface area contributed by atoms with Crippen LogP contribution in [0.2, 0.25) is 0 Å². The molecule has 1 aromatic carbocycles. The van der Waals surface area contributed by atoms with Crippen molar-refractivity contribution in [1.29, 1.82) is 0 Å². The number of anilines is 1. The fourth-order valence-corrected chi connectivity index (χ4v) is 1.87. The van der Waals surface area contributed by atoms with E-state index in [-0.39, 0.29) is 11.9 Å². The number of aromatic nitrogens is 1.